The van der Waals surface area contributed by atoms with Gasteiger partial charge in [0.1, 0.15) is 17.4 Å². The molecule has 3 rings (SSSR count). The molecule has 1 aromatic heterocycles. The Bertz CT molecular complexity index is 940. The van der Waals surface area contributed by atoms with Gasteiger partial charge in [-0.05, 0) is 11.6 Å². The summed E-state index contributed by atoms with van der Waals surface area (Å²) in [6, 6.07) is -0.142. The third kappa shape index (κ3) is 4.06. The monoisotopic (exact) mass is 406 g/mol. The van der Waals surface area contributed by atoms with Gasteiger partial charge in [0.15, 0.2) is 17.4 Å². The lowest BCUT2D eigenvalue weighted by Crippen LogP contribution is -2.45. The van der Waals surface area contributed by atoms with Gasteiger partial charge in [-0.2, -0.15) is 13.2 Å². The first-order valence-electron chi connectivity index (χ1n) is 7.96. The molecule has 0 amide bonds. The summed E-state index contributed by atoms with van der Waals surface area (Å²) in [6.07, 6.45) is -6.20. The average Bonchev–Trinajstić information content (AvgIpc) is 3.03. The predicted molar refractivity (Wildman–Crippen MR) is 80.3 cm³/mol. The Morgan fingerprint density at radius 3 is 2.46 bits per heavy atom. The number of nitrogens with one attached hydrogen (secondary N) is 1. The highest BCUT2D eigenvalue weighted by molar-refractivity contribution is 6.02. The number of hydrogen-bond acceptors (Lipinski definition) is 5. The summed E-state index contributed by atoms with van der Waals surface area (Å²) < 4.78 is 78.8. The lowest BCUT2D eigenvalue weighted by molar-refractivity contribution is -0.148. The van der Waals surface area contributed by atoms with Gasteiger partial charge >= 0.3 is 6.18 Å². The number of rotatable bonds is 5. The molecule has 0 aliphatic carbocycles. The summed E-state index contributed by atoms with van der Waals surface area (Å²) in [5.74, 6) is -6.52. The summed E-state index contributed by atoms with van der Waals surface area (Å²) in [6.45, 7) is -0.375. The maximum atomic E-state index is 13.6. The number of ketones is 2. The van der Waals surface area contributed by atoms with Gasteiger partial charge in [0.2, 0.25) is 5.82 Å². The lowest BCUT2D eigenvalue weighted by Gasteiger charge is -2.24. The van der Waals surface area contributed by atoms with Crippen molar-refractivity contribution in [2.45, 2.75) is 38.1 Å². The Hall–Kier alpha value is -2.76. The number of hydrogen-bond donors (Lipinski definition) is 1. The number of aromatic nitrogens is 3. The number of nitrogens with zero attached hydrogens (tertiary/aromatic N) is 3. The summed E-state index contributed by atoms with van der Waals surface area (Å²) >= 11 is 0. The molecule has 0 bridgehead atoms. The molecule has 1 unspecified atom stereocenters. The van der Waals surface area contributed by atoms with E-state index in [1.165, 1.54) is 0 Å². The largest absolute Gasteiger partial charge is 0.451 e. The fraction of sp³-hybridized carbons (Fsp3) is 0.375. The highest BCUT2D eigenvalue weighted by Gasteiger charge is 2.40. The number of benzene rings is 1. The molecule has 0 saturated heterocycles. The van der Waals surface area contributed by atoms with E-state index in [4.69, 9.17) is 0 Å². The van der Waals surface area contributed by atoms with Crippen LogP contribution in [0, 0.1) is 17.5 Å². The molecule has 2 aromatic rings. The van der Waals surface area contributed by atoms with Gasteiger partial charge in [-0.3, -0.25) is 19.5 Å². The summed E-state index contributed by atoms with van der Waals surface area (Å²) in [5.41, 5.74) is -0.400. The SMILES string of the molecule is O=C(CC(=O)C1Cc2nnc(C(F)(F)F)n2CN1)Cc1cc(F)c(F)cc1F. The van der Waals surface area contributed by atoms with Crippen molar-refractivity contribution < 1.29 is 35.9 Å². The normalized spacial score (nSPS) is 16.7. The third-order valence-electron chi connectivity index (χ3n) is 4.20. The minimum absolute atomic E-state index is 0.0662. The van der Waals surface area contributed by atoms with Crippen LogP contribution in [-0.2, 0) is 35.3 Å². The second-order valence-electron chi connectivity index (χ2n) is 6.20. The summed E-state index contributed by atoms with van der Waals surface area (Å²) in [7, 11) is 0. The van der Waals surface area contributed by atoms with Crippen LogP contribution in [0.4, 0.5) is 26.3 Å². The zero-order valence-electron chi connectivity index (χ0n) is 14.0. The van der Waals surface area contributed by atoms with Crippen LogP contribution in [0.15, 0.2) is 12.1 Å². The summed E-state index contributed by atoms with van der Waals surface area (Å²) in [5, 5.41) is 9.06. The van der Waals surface area contributed by atoms with Gasteiger partial charge in [0, 0.05) is 18.9 Å². The molecule has 150 valence electrons. The van der Waals surface area contributed by atoms with E-state index in [1.54, 1.807) is 0 Å². The number of fused-ring (bicyclic) bond motifs is 1. The van der Waals surface area contributed by atoms with Gasteiger partial charge in [-0.15, -0.1) is 10.2 Å². The maximum absolute atomic E-state index is 13.6. The minimum Gasteiger partial charge on any atom is -0.299 e. The third-order valence-corrected chi connectivity index (χ3v) is 4.20. The Morgan fingerprint density at radius 2 is 1.79 bits per heavy atom. The van der Waals surface area contributed by atoms with Gasteiger partial charge < -0.3 is 0 Å². The molecule has 1 aliphatic heterocycles. The van der Waals surface area contributed by atoms with E-state index in [0.717, 1.165) is 4.57 Å². The fourth-order valence-corrected chi connectivity index (χ4v) is 2.84. The average molecular weight is 406 g/mol. The van der Waals surface area contributed by atoms with Crippen LogP contribution in [0.1, 0.15) is 23.6 Å². The number of carbonyl (C=O) groups excluding carboxylic acids is 2. The number of carbonyl (C=O) groups is 2. The molecular weight excluding hydrogens is 394 g/mol. The van der Waals surface area contributed by atoms with E-state index < -0.39 is 65.5 Å². The highest BCUT2D eigenvalue weighted by atomic mass is 19.4. The molecule has 1 N–H and O–H groups in total. The van der Waals surface area contributed by atoms with Gasteiger partial charge in [-0.1, -0.05) is 0 Å². The number of halogens is 6. The molecule has 2 heterocycles. The van der Waals surface area contributed by atoms with Crippen molar-refractivity contribution in [2.24, 2.45) is 0 Å². The predicted octanol–water partition coefficient (Wildman–Crippen LogP) is 1.96. The van der Waals surface area contributed by atoms with Crippen molar-refractivity contribution in [3.63, 3.8) is 0 Å². The second kappa shape index (κ2) is 7.34. The smallest absolute Gasteiger partial charge is 0.299 e. The van der Waals surface area contributed by atoms with Crippen LogP contribution >= 0.6 is 0 Å². The van der Waals surface area contributed by atoms with Crippen LogP contribution < -0.4 is 5.32 Å². The quantitative estimate of drug-likeness (QED) is 0.467. The Kier molecular flexibility index (Phi) is 5.24. The molecule has 1 aliphatic rings. The second-order valence-corrected chi connectivity index (χ2v) is 6.20. The minimum atomic E-state index is -4.70. The highest BCUT2D eigenvalue weighted by Crippen LogP contribution is 2.29. The van der Waals surface area contributed by atoms with E-state index >= 15 is 0 Å². The van der Waals surface area contributed by atoms with Crippen molar-refractivity contribution in [2.75, 3.05) is 0 Å². The van der Waals surface area contributed by atoms with E-state index in [-0.39, 0.29) is 18.9 Å². The molecule has 1 atom stereocenters. The zero-order valence-corrected chi connectivity index (χ0v) is 14.0. The molecule has 6 nitrogen and oxygen atoms in total. The van der Waals surface area contributed by atoms with Crippen molar-refractivity contribution in [1.29, 1.82) is 0 Å². The maximum Gasteiger partial charge on any atom is 0.451 e. The first kappa shape index (κ1) is 20.0. The Balaban J connectivity index is 1.64. The van der Waals surface area contributed by atoms with E-state index in [0.29, 0.717) is 12.1 Å². The van der Waals surface area contributed by atoms with Crippen molar-refractivity contribution in [3.05, 3.63) is 46.8 Å². The van der Waals surface area contributed by atoms with Gasteiger partial charge in [-0.25, -0.2) is 13.2 Å². The first-order chi connectivity index (χ1) is 13.1. The van der Waals surface area contributed by atoms with Crippen LogP contribution in [0.25, 0.3) is 0 Å². The van der Waals surface area contributed by atoms with Crippen LogP contribution in [0.5, 0.6) is 0 Å². The number of alkyl halides is 3. The van der Waals surface area contributed by atoms with E-state index in [2.05, 4.69) is 15.5 Å². The Morgan fingerprint density at radius 1 is 1.11 bits per heavy atom. The van der Waals surface area contributed by atoms with E-state index in [1.807, 2.05) is 0 Å². The van der Waals surface area contributed by atoms with Crippen LogP contribution in [0.3, 0.4) is 0 Å². The fourth-order valence-electron chi connectivity index (χ4n) is 2.84. The molecule has 1 aromatic carbocycles. The van der Waals surface area contributed by atoms with Crippen molar-refractivity contribution >= 4 is 11.6 Å². The van der Waals surface area contributed by atoms with Crippen LogP contribution in [-0.4, -0.2) is 32.4 Å². The molecule has 0 spiro atoms. The number of Topliss-reactive ketones (excluding diaryl/α,β-unsaturated/α-hetero) is 2. The van der Waals surface area contributed by atoms with Crippen molar-refractivity contribution in [3.8, 4) is 0 Å². The molecular formula is C16H12F6N4O2. The molecule has 28 heavy (non-hydrogen) atoms. The molecule has 0 fully saturated rings. The van der Waals surface area contributed by atoms with Crippen molar-refractivity contribution in [1.82, 2.24) is 20.1 Å². The zero-order chi connectivity index (χ0) is 20.6. The lowest BCUT2D eigenvalue weighted by atomic mass is 9.99. The topological polar surface area (TPSA) is 76.9 Å². The van der Waals surface area contributed by atoms with Crippen LogP contribution in [0.2, 0.25) is 0 Å². The molecule has 12 heteroatoms. The Labute approximate surface area is 153 Å². The molecule has 0 saturated carbocycles. The van der Waals surface area contributed by atoms with Gasteiger partial charge in [0.25, 0.3) is 0 Å². The standard InChI is InChI=1S/C16H12F6N4O2/c17-9-4-11(19)10(18)2-7(9)1-8(27)3-13(28)12-5-14-24-25-15(16(20,21)22)26(14)6-23-12/h2,4,12,23H,1,3,5-6H2. The van der Waals surface area contributed by atoms with E-state index in [9.17, 15) is 35.9 Å². The first-order valence-corrected chi connectivity index (χ1v) is 7.96. The van der Waals surface area contributed by atoms with Gasteiger partial charge in [0.05, 0.1) is 19.1 Å². The molecule has 0 radical (unpaired) electrons. The summed E-state index contributed by atoms with van der Waals surface area (Å²) in [4.78, 5) is 24.2.